The van der Waals surface area contributed by atoms with E-state index in [1.165, 1.54) is 6.08 Å². The number of rotatable bonds is 4. The monoisotopic (exact) mass is 261 g/mol. The van der Waals surface area contributed by atoms with Gasteiger partial charge in [-0.05, 0) is 23.8 Å². The third-order valence-corrected chi connectivity index (χ3v) is 2.91. The first-order valence-electron chi connectivity index (χ1n) is 6.05. The van der Waals surface area contributed by atoms with Gasteiger partial charge in [-0.1, -0.05) is 18.2 Å². The maximum Gasteiger partial charge on any atom is 0.376 e. The summed E-state index contributed by atoms with van der Waals surface area (Å²) in [6, 6.07) is 7.62. The van der Waals surface area contributed by atoms with Gasteiger partial charge in [-0.2, -0.15) is 0 Å². The summed E-state index contributed by atoms with van der Waals surface area (Å²) in [6.07, 6.45) is 2.56. The Morgan fingerprint density at radius 1 is 1.16 bits per heavy atom. The molecule has 1 aliphatic heterocycles. The van der Waals surface area contributed by atoms with Crippen LogP contribution in [0.5, 0.6) is 0 Å². The zero-order valence-electron chi connectivity index (χ0n) is 10.4. The maximum atomic E-state index is 10.9. The van der Waals surface area contributed by atoms with E-state index in [1.54, 1.807) is 0 Å². The lowest BCUT2D eigenvalue weighted by Crippen LogP contribution is -2.36. The van der Waals surface area contributed by atoms with Gasteiger partial charge in [0.2, 0.25) is 0 Å². The van der Waals surface area contributed by atoms with Gasteiger partial charge in [-0.25, -0.2) is 4.79 Å². The fraction of sp³-hybridized carbons (Fsp3) is 0.286. The Morgan fingerprint density at radius 3 is 2.37 bits per heavy atom. The third kappa shape index (κ3) is 3.66. The predicted molar refractivity (Wildman–Crippen MR) is 71.2 cm³/mol. The molecule has 5 nitrogen and oxygen atoms in total. The summed E-state index contributed by atoms with van der Waals surface area (Å²) in [6.45, 7) is 3.20. The fourth-order valence-electron chi connectivity index (χ4n) is 1.86. The van der Waals surface area contributed by atoms with Crippen LogP contribution in [0.15, 0.2) is 30.3 Å². The minimum Gasteiger partial charge on any atom is -0.475 e. The van der Waals surface area contributed by atoms with Crippen LogP contribution in [0.2, 0.25) is 0 Å². The van der Waals surface area contributed by atoms with Gasteiger partial charge < -0.3 is 14.7 Å². The average molecular weight is 261 g/mol. The minimum absolute atomic E-state index is 0.731. The van der Waals surface area contributed by atoms with Crippen LogP contribution in [-0.2, 0) is 14.3 Å². The predicted octanol–water partition coefficient (Wildman–Crippen LogP) is 1.19. The van der Waals surface area contributed by atoms with E-state index in [0.29, 0.717) is 0 Å². The number of benzene rings is 1. The molecule has 0 saturated carbocycles. The number of nitrogens with zero attached hydrogens (tertiary/aromatic N) is 1. The Kier molecular flexibility index (Phi) is 4.30. The lowest BCUT2D eigenvalue weighted by Gasteiger charge is -2.28. The van der Waals surface area contributed by atoms with E-state index in [4.69, 9.17) is 9.84 Å². The first-order valence-corrected chi connectivity index (χ1v) is 6.05. The van der Waals surface area contributed by atoms with Crippen molar-refractivity contribution in [3.05, 3.63) is 35.9 Å². The quantitative estimate of drug-likeness (QED) is 0.651. The Hall–Kier alpha value is -2.14. The zero-order chi connectivity index (χ0) is 13.7. The Balaban J connectivity index is 2.01. The number of aliphatic carboxylic acids is 1. The molecular formula is C14H15NO4. The van der Waals surface area contributed by atoms with Crippen molar-refractivity contribution in [2.24, 2.45) is 0 Å². The molecule has 1 N–H and O–H groups in total. The lowest BCUT2D eigenvalue weighted by molar-refractivity contribution is -0.146. The number of carboxylic acids is 1. The Bertz CT molecular complexity index is 487. The van der Waals surface area contributed by atoms with Gasteiger partial charge in [-0.3, -0.25) is 4.79 Å². The largest absolute Gasteiger partial charge is 0.475 e. The number of ketones is 1. The number of ether oxygens (including phenoxy) is 1. The molecule has 100 valence electrons. The standard InChI is InChI=1S/C14H15NO4/c16-13(14(17)18)6-3-11-1-4-12(5-2-11)15-7-9-19-10-8-15/h1-6H,7-10H2,(H,17,18)/b6-3+. The highest BCUT2D eigenvalue weighted by Crippen LogP contribution is 2.17. The molecule has 5 heteroatoms. The van der Waals surface area contributed by atoms with Crippen molar-refractivity contribution in [1.29, 1.82) is 0 Å². The lowest BCUT2D eigenvalue weighted by atomic mass is 10.1. The summed E-state index contributed by atoms with van der Waals surface area (Å²) in [4.78, 5) is 23.5. The van der Waals surface area contributed by atoms with Gasteiger partial charge in [0.15, 0.2) is 0 Å². The normalized spacial score (nSPS) is 15.7. The van der Waals surface area contributed by atoms with E-state index in [0.717, 1.165) is 43.6 Å². The molecule has 2 rings (SSSR count). The van der Waals surface area contributed by atoms with Crippen LogP contribution in [0.4, 0.5) is 5.69 Å². The van der Waals surface area contributed by atoms with Crippen molar-refractivity contribution in [2.75, 3.05) is 31.2 Å². The van der Waals surface area contributed by atoms with Gasteiger partial charge in [0, 0.05) is 18.8 Å². The highest BCUT2D eigenvalue weighted by atomic mass is 16.5. The van der Waals surface area contributed by atoms with Crippen LogP contribution in [0.3, 0.4) is 0 Å². The van der Waals surface area contributed by atoms with Gasteiger partial charge >= 0.3 is 5.97 Å². The molecule has 0 spiro atoms. The SMILES string of the molecule is O=C(O)C(=O)/C=C/c1ccc(N2CCOCC2)cc1. The molecule has 1 saturated heterocycles. The highest BCUT2D eigenvalue weighted by Gasteiger charge is 2.10. The molecule has 1 aliphatic rings. The summed E-state index contributed by atoms with van der Waals surface area (Å²) in [5, 5.41) is 8.46. The number of carbonyl (C=O) groups excluding carboxylic acids is 1. The van der Waals surface area contributed by atoms with Crippen molar-refractivity contribution in [3.8, 4) is 0 Å². The summed E-state index contributed by atoms with van der Waals surface area (Å²) >= 11 is 0. The smallest absolute Gasteiger partial charge is 0.376 e. The summed E-state index contributed by atoms with van der Waals surface area (Å²) in [7, 11) is 0. The van der Waals surface area contributed by atoms with E-state index in [-0.39, 0.29) is 0 Å². The van der Waals surface area contributed by atoms with E-state index in [9.17, 15) is 9.59 Å². The number of hydrogen-bond donors (Lipinski definition) is 1. The van der Waals surface area contributed by atoms with Gasteiger partial charge in [-0.15, -0.1) is 0 Å². The van der Waals surface area contributed by atoms with E-state index < -0.39 is 11.8 Å². The van der Waals surface area contributed by atoms with Crippen LogP contribution < -0.4 is 4.90 Å². The Morgan fingerprint density at radius 2 is 1.79 bits per heavy atom. The van der Waals surface area contributed by atoms with Crippen LogP contribution in [0.25, 0.3) is 6.08 Å². The number of anilines is 1. The second kappa shape index (κ2) is 6.15. The van der Waals surface area contributed by atoms with Crippen LogP contribution in [0.1, 0.15) is 5.56 Å². The van der Waals surface area contributed by atoms with Crippen molar-refractivity contribution in [3.63, 3.8) is 0 Å². The molecule has 0 unspecified atom stereocenters. The molecule has 0 radical (unpaired) electrons. The topological polar surface area (TPSA) is 66.8 Å². The highest BCUT2D eigenvalue weighted by molar-refractivity contribution is 6.38. The molecule has 1 fully saturated rings. The molecule has 1 aromatic carbocycles. The molecular weight excluding hydrogens is 246 g/mol. The molecule has 0 atom stereocenters. The summed E-state index contributed by atoms with van der Waals surface area (Å²) in [5.74, 6) is -2.36. The number of morpholine rings is 1. The van der Waals surface area contributed by atoms with Gasteiger partial charge in [0.05, 0.1) is 13.2 Å². The van der Waals surface area contributed by atoms with Crippen molar-refractivity contribution < 1.29 is 19.4 Å². The molecule has 0 aliphatic carbocycles. The first kappa shape index (κ1) is 13.3. The molecule has 0 amide bonds. The van der Waals surface area contributed by atoms with E-state index in [1.807, 2.05) is 24.3 Å². The second-order valence-electron chi connectivity index (χ2n) is 4.19. The van der Waals surface area contributed by atoms with Crippen LogP contribution in [-0.4, -0.2) is 43.2 Å². The first-order chi connectivity index (χ1) is 9.16. The van der Waals surface area contributed by atoms with Crippen molar-refractivity contribution >= 4 is 23.5 Å². The van der Waals surface area contributed by atoms with Crippen molar-refractivity contribution in [1.82, 2.24) is 0 Å². The van der Waals surface area contributed by atoms with Gasteiger partial charge in [0.25, 0.3) is 5.78 Å². The zero-order valence-corrected chi connectivity index (χ0v) is 10.4. The van der Waals surface area contributed by atoms with Crippen LogP contribution in [0, 0.1) is 0 Å². The summed E-state index contributed by atoms with van der Waals surface area (Å²) in [5.41, 5.74) is 1.90. The number of carbonyl (C=O) groups is 2. The number of carboxylic acid groups (broad SMARTS) is 1. The second-order valence-corrected chi connectivity index (χ2v) is 4.19. The Labute approximate surface area is 111 Å². The van der Waals surface area contributed by atoms with E-state index in [2.05, 4.69) is 4.90 Å². The summed E-state index contributed by atoms with van der Waals surface area (Å²) < 4.78 is 5.29. The minimum atomic E-state index is -1.44. The molecule has 19 heavy (non-hydrogen) atoms. The average Bonchev–Trinajstić information content (AvgIpc) is 2.46. The fourth-order valence-corrected chi connectivity index (χ4v) is 1.86. The van der Waals surface area contributed by atoms with E-state index >= 15 is 0 Å². The maximum absolute atomic E-state index is 10.9. The molecule has 0 bridgehead atoms. The molecule has 1 heterocycles. The van der Waals surface area contributed by atoms with Crippen molar-refractivity contribution in [2.45, 2.75) is 0 Å². The van der Waals surface area contributed by atoms with Crippen LogP contribution >= 0.6 is 0 Å². The molecule has 0 aromatic heterocycles. The molecule has 1 aromatic rings. The van der Waals surface area contributed by atoms with Gasteiger partial charge in [0.1, 0.15) is 0 Å². The third-order valence-electron chi connectivity index (χ3n) is 2.91. The number of hydrogen-bond acceptors (Lipinski definition) is 4.